The van der Waals surface area contributed by atoms with Crippen molar-refractivity contribution in [3.05, 3.63) is 29.3 Å². The second-order valence-corrected chi connectivity index (χ2v) is 4.60. The second kappa shape index (κ2) is 5.27. The number of halogens is 1. The minimum absolute atomic E-state index is 0.0110. The van der Waals surface area contributed by atoms with Crippen molar-refractivity contribution in [1.29, 1.82) is 0 Å². The molecule has 0 spiro atoms. The molecule has 1 saturated heterocycles. The predicted molar refractivity (Wildman–Crippen MR) is 67.8 cm³/mol. The van der Waals surface area contributed by atoms with Gasteiger partial charge >= 0.3 is 5.97 Å². The molecule has 0 bridgehead atoms. The smallest absolute Gasteiger partial charge is 0.305 e. The molecule has 2 rings (SSSR count). The van der Waals surface area contributed by atoms with Gasteiger partial charge in [-0.2, -0.15) is 0 Å². The zero-order chi connectivity index (χ0) is 13.1. The van der Waals surface area contributed by atoms with Crippen LogP contribution in [0, 0.1) is 0 Å². The summed E-state index contributed by atoms with van der Waals surface area (Å²) in [6.07, 6.45) is -0.0110. The van der Waals surface area contributed by atoms with Gasteiger partial charge in [-0.25, -0.2) is 0 Å². The number of hydrogen-bond acceptors (Lipinski definition) is 3. The van der Waals surface area contributed by atoms with Crippen LogP contribution >= 0.6 is 11.6 Å². The van der Waals surface area contributed by atoms with Crippen LogP contribution in [0.1, 0.15) is 6.42 Å². The van der Waals surface area contributed by atoms with Crippen molar-refractivity contribution in [2.75, 3.05) is 18.0 Å². The molecule has 6 heteroatoms. The van der Waals surface area contributed by atoms with E-state index in [1.807, 2.05) is 0 Å². The third kappa shape index (κ3) is 2.92. The molecular formula is C12H13ClN2O3. The molecule has 1 aromatic rings. The molecule has 1 aliphatic rings. The molecule has 1 unspecified atom stereocenters. The fourth-order valence-corrected chi connectivity index (χ4v) is 2.13. The Hall–Kier alpha value is -1.75. The molecule has 18 heavy (non-hydrogen) atoms. The number of hydrogen-bond donors (Lipinski definition) is 2. The standard InChI is InChI=1S/C12H13ClN2O3/c13-8-1-3-9(4-2-8)15-7-11(16)14-6-10(15)5-12(17)18/h1-4,10H,5-7H2,(H,14,16)(H,17,18). The van der Waals surface area contributed by atoms with E-state index in [1.54, 1.807) is 29.2 Å². The van der Waals surface area contributed by atoms with E-state index >= 15 is 0 Å². The van der Waals surface area contributed by atoms with E-state index < -0.39 is 5.97 Å². The van der Waals surface area contributed by atoms with Crippen molar-refractivity contribution >= 4 is 29.2 Å². The summed E-state index contributed by atoms with van der Waals surface area (Å²) in [6, 6.07) is 6.79. The molecular weight excluding hydrogens is 256 g/mol. The first-order valence-electron chi connectivity index (χ1n) is 5.57. The first kappa shape index (κ1) is 12.7. The maximum atomic E-state index is 11.4. The molecule has 96 valence electrons. The number of nitrogens with zero attached hydrogens (tertiary/aromatic N) is 1. The lowest BCUT2D eigenvalue weighted by Gasteiger charge is -2.36. The third-order valence-corrected chi connectivity index (χ3v) is 3.11. The normalized spacial score (nSPS) is 19.5. The average molecular weight is 269 g/mol. The molecule has 1 atom stereocenters. The van der Waals surface area contributed by atoms with Gasteiger partial charge in [-0.15, -0.1) is 0 Å². The van der Waals surface area contributed by atoms with Gasteiger partial charge in [-0.3, -0.25) is 9.59 Å². The third-order valence-electron chi connectivity index (χ3n) is 2.86. The highest BCUT2D eigenvalue weighted by molar-refractivity contribution is 6.30. The summed E-state index contributed by atoms with van der Waals surface area (Å²) in [5.41, 5.74) is 0.806. The van der Waals surface area contributed by atoms with Crippen LogP contribution < -0.4 is 10.2 Å². The maximum Gasteiger partial charge on any atom is 0.305 e. The van der Waals surface area contributed by atoms with E-state index in [2.05, 4.69) is 5.32 Å². The number of carboxylic acid groups (broad SMARTS) is 1. The Balaban J connectivity index is 2.21. The number of nitrogens with one attached hydrogen (secondary N) is 1. The zero-order valence-corrected chi connectivity index (χ0v) is 10.4. The Morgan fingerprint density at radius 2 is 2.11 bits per heavy atom. The minimum Gasteiger partial charge on any atom is -0.481 e. The van der Waals surface area contributed by atoms with Gasteiger partial charge < -0.3 is 15.3 Å². The highest BCUT2D eigenvalue weighted by Gasteiger charge is 2.28. The Morgan fingerprint density at radius 3 is 2.72 bits per heavy atom. The van der Waals surface area contributed by atoms with Crippen LogP contribution in [0.3, 0.4) is 0 Å². The lowest BCUT2D eigenvalue weighted by Crippen LogP contribution is -2.55. The second-order valence-electron chi connectivity index (χ2n) is 4.16. The molecule has 1 heterocycles. The van der Waals surface area contributed by atoms with E-state index in [0.717, 1.165) is 5.69 Å². The number of carboxylic acids is 1. The van der Waals surface area contributed by atoms with Crippen LogP contribution in [0.4, 0.5) is 5.69 Å². The largest absolute Gasteiger partial charge is 0.481 e. The van der Waals surface area contributed by atoms with Crippen LogP contribution in [0.2, 0.25) is 5.02 Å². The molecule has 0 aliphatic carbocycles. The maximum absolute atomic E-state index is 11.4. The number of aliphatic carboxylic acids is 1. The Labute approximate surface area is 109 Å². The summed E-state index contributed by atoms with van der Waals surface area (Å²) in [4.78, 5) is 24.0. The quantitative estimate of drug-likeness (QED) is 0.862. The van der Waals surface area contributed by atoms with Gasteiger partial charge in [-0.1, -0.05) is 11.6 Å². The number of carbonyl (C=O) groups excluding carboxylic acids is 1. The summed E-state index contributed by atoms with van der Waals surface area (Å²) >= 11 is 5.81. The highest BCUT2D eigenvalue weighted by Crippen LogP contribution is 2.22. The molecule has 1 aliphatic heterocycles. The SMILES string of the molecule is O=C(O)CC1CNC(=O)CN1c1ccc(Cl)cc1. The van der Waals surface area contributed by atoms with Gasteiger partial charge in [0.25, 0.3) is 0 Å². The molecule has 0 aromatic heterocycles. The van der Waals surface area contributed by atoms with Crippen molar-refractivity contribution < 1.29 is 14.7 Å². The molecule has 2 N–H and O–H groups in total. The first-order valence-corrected chi connectivity index (χ1v) is 5.95. The summed E-state index contributed by atoms with van der Waals surface area (Å²) in [5.74, 6) is -0.985. The number of benzene rings is 1. The van der Waals surface area contributed by atoms with Crippen molar-refractivity contribution in [3.8, 4) is 0 Å². The van der Waals surface area contributed by atoms with Crippen LogP contribution in [0.15, 0.2) is 24.3 Å². The number of anilines is 1. The van der Waals surface area contributed by atoms with E-state index in [1.165, 1.54) is 0 Å². The number of piperazine rings is 1. The molecule has 1 fully saturated rings. The first-order chi connectivity index (χ1) is 8.56. The lowest BCUT2D eigenvalue weighted by atomic mass is 10.1. The van der Waals surface area contributed by atoms with Crippen molar-refractivity contribution in [3.63, 3.8) is 0 Å². The summed E-state index contributed by atoms with van der Waals surface area (Å²) < 4.78 is 0. The molecule has 5 nitrogen and oxygen atoms in total. The van der Waals surface area contributed by atoms with Crippen LogP contribution in [0.5, 0.6) is 0 Å². The van der Waals surface area contributed by atoms with E-state index in [4.69, 9.17) is 16.7 Å². The summed E-state index contributed by atoms with van der Waals surface area (Å²) in [7, 11) is 0. The lowest BCUT2D eigenvalue weighted by molar-refractivity contribution is -0.138. The highest BCUT2D eigenvalue weighted by atomic mass is 35.5. The predicted octanol–water partition coefficient (Wildman–Crippen LogP) is 1.12. The summed E-state index contributed by atoms with van der Waals surface area (Å²) in [6.45, 7) is 0.507. The van der Waals surface area contributed by atoms with E-state index in [9.17, 15) is 9.59 Å². The molecule has 0 saturated carbocycles. The van der Waals surface area contributed by atoms with Crippen LogP contribution in [-0.4, -0.2) is 36.1 Å². The Bertz CT molecular complexity index is 461. The molecule has 0 radical (unpaired) electrons. The fourth-order valence-electron chi connectivity index (χ4n) is 2.00. The van der Waals surface area contributed by atoms with Crippen molar-refractivity contribution in [1.82, 2.24) is 5.32 Å². The Morgan fingerprint density at radius 1 is 1.44 bits per heavy atom. The fraction of sp³-hybridized carbons (Fsp3) is 0.333. The average Bonchev–Trinajstić information content (AvgIpc) is 2.32. The van der Waals surface area contributed by atoms with Gasteiger partial charge in [0.2, 0.25) is 5.91 Å². The molecule has 1 aromatic carbocycles. The molecule has 1 amide bonds. The van der Waals surface area contributed by atoms with Crippen LogP contribution in [-0.2, 0) is 9.59 Å². The minimum atomic E-state index is -0.880. The Kier molecular flexibility index (Phi) is 3.72. The monoisotopic (exact) mass is 268 g/mol. The number of rotatable bonds is 3. The van der Waals surface area contributed by atoms with Crippen molar-refractivity contribution in [2.24, 2.45) is 0 Å². The summed E-state index contributed by atoms with van der Waals surface area (Å²) in [5, 5.41) is 12.2. The van der Waals surface area contributed by atoms with E-state index in [0.29, 0.717) is 11.6 Å². The van der Waals surface area contributed by atoms with Gasteiger partial charge in [0.05, 0.1) is 19.0 Å². The van der Waals surface area contributed by atoms with Gasteiger partial charge in [-0.05, 0) is 24.3 Å². The number of carbonyl (C=O) groups is 2. The van der Waals surface area contributed by atoms with Gasteiger partial charge in [0.1, 0.15) is 0 Å². The van der Waals surface area contributed by atoms with Crippen LogP contribution in [0.25, 0.3) is 0 Å². The van der Waals surface area contributed by atoms with Gasteiger partial charge in [0.15, 0.2) is 0 Å². The van der Waals surface area contributed by atoms with Gasteiger partial charge in [0, 0.05) is 17.3 Å². The van der Waals surface area contributed by atoms with Crippen molar-refractivity contribution in [2.45, 2.75) is 12.5 Å². The zero-order valence-electron chi connectivity index (χ0n) is 9.60. The number of amides is 1. The van der Waals surface area contributed by atoms with E-state index in [-0.39, 0.29) is 24.9 Å². The topological polar surface area (TPSA) is 69.6 Å².